The van der Waals surface area contributed by atoms with Crippen LogP contribution in [0.4, 0.5) is 5.69 Å². The van der Waals surface area contributed by atoms with Crippen molar-refractivity contribution < 1.29 is 9.90 Å². The van der Waals surface area contributed by atoms with Gasteiger partial charge in [-0.2, -0.15) is 0 Å². The molecule has 5 N–H and O–H groups in total. The highest BCUT2D eigenvalue weighted by molar-refractivity contribution is 6.01. The number of hydrogen-bond acceptors (Lipinski definition) is 4. The molecule has 0 radical (unpaired) electrons. The van der Waals surface area contributed by atoms with E-state index < -0.39 is 5.91 Å². The number of phenolic OH excluding ortho intramolecular Hbond substituents is 1. The largest absolute Gasteiger partial charge is 0.507 e. The van der Waals surface area contributed by atoms with Crippen molar-refractivity contribution in [2.24, 2.45) is 0 Å². The summed E-state index contributed by atoms with van der Waals surface area (Å²) in [5.41, 5.74) is 13.1. The number of benzene rings is 3. The molecule has 0 atom stereocenters. The molecule has 3 aromatic rings. The van der Waals surface area contributed by atoms with Gasteiger partial charge in [0.2, 0.25) is 0 Å². The van der Waals surface area contributed by atoms with Gasteiger partial charge in [-0.25, -0.2) is 0 Å². The Morgan fingerprint density at radius 3 is 2.25 bits per heavy atom. The van der Waals surface area contributed by atoms with Gasteiger partial charge in [-0.1, -0.05) is 43.0 Å². The van der Waals surface area contributed by atoms with E-state index in [1.54, 1.807) is 36.4 Å². The fourth-order valence-corrected chi connectivity index (χ4v) is 2.37. The molecule has 0 unspecified atom stereocenters. The molecule has 0 saturated carbocycles. The van der Waals surface area contributed by atoms with E-state index in [0.717, 1.165) is 16.3 Å². The molecule has 0 aliphatic heterocycles. The van der Waals surface area contributed by atoms with Crippen molar-refractivity contribution in [3.8, 4) is 5.75 Å². The molecule has 24 heavy (non-hydrogen) atoms. The molecule has 3 rings (SSSR count). The Morgan fingerprint density at radius 2 is 1.58 bits per heavy atom. The first-order valence-corrected chi connectivity index (χ1v) is 7.37. The molecule has 0 aliphatic carbocycles. The van der Waals surface area contributed by atoms with E-state index in [4.69, 9.17) is 5.73 Å². The number of carbonyl (C=O) groups is 1. The van der Waals surface area contributed by atoms with Crippen molar-refractivity contribution >= 4 is 28.1 Å². The SMILES string of the molecule is C=C(NNC(=O)c1cc2ccccc2cc1O)c1ccc(N)cc1. The summed E-state index contributed by atoms with van der Waals surface area (Å²) in [5, 5.41) is 11.8. The topological polar surface area (TPSA) is 87.4 Å². The second kappa shape index (κ2) is 6.34. The minimum atomic E-state index is -0.449. The average molecular weight is 319 g/mol. The van der Waals surface area contributed by atoms with Gasteiger partial charge in [0, 0.05) is 5.69 Å². The summed E-state index contributed by atoms with van der Waals surface area (Å²) in [6.45, 7) is 3.86. The number of hydrazine groups is 1. The van der Waals surface area contributed by atoms with Crippen LogP contribution in [0.2, 0.25) is 0 Å². The number of rotatable bonds is 4. The number of phenols is 1. The van der Waals surface area contributed by atoms with Gasteiger partial charge in [-0.3, -0.25) is 15.6 Å². The van der Waals surface area contributed by atoms with Crippen LogP contribution in [0.25, 0.3) is 16.5 Å². The van der Waals surface area contributed by atoms with Crippen LogP contribution in [0, 0.1) is 0 Å². The maximum absolute atomic E-state index is 12.3. The standard InChI is InChI=1S/C19H17N3O2/c1-12(13-6-8-16(20)9-7-13)21-22-19(24)17-10-14-4-2-3-5-15(14)11-18(17)23/h2-11,21,23H,1,20H2,(H,22,24). The first-order valence-electron chi connectivity index (χ1n) is 7.37. The zero-order valence-corrected chi connectivity index (χ0v) is 12.9. The van der Waals surface area contributed by atoms with Crippen LogP contribution in [0.1, 0.15) is 15.9 Å². The minimum Gasteiger partial charge on any atom is -0.507 e. The van der Waals surface area contributed by atoms with E-state index in [-0.39, 0.29) is 11.3 Å². The maximum atomic E-state index is 12.3. The first kappa shape index (κ1) is 15.4. The summed E-state index contributed by atoms with van der Waals surface area (Å²) in [6.07, 6.45) is 0. The van der Waals surface area contributed by atoms with Crippen LogP contribution in [0.3, 0.4) is 0 Å². The zero-order valence-electron chi connectivity index (χ0n) is 12.9. The van der Waals surface area contributed by atoms with Crippen LogP contribution >= 0.6 is 0 Å². The van der Waals surface area contributed by atoms with E-state index in [1.165, 1.54) is 0 Å². The summed E-state index contributed by atoms with van der Waals surface area (Å²) in [5.74, 6) is -0.527. The summed E-state index contributed by atoms with van der Waals surface area (Å²) in [6, 6.07) is 17.8. The summed E-state index contributed by atoms with van der Waals surface area (Å²) in [4.78, 5) is 12.3. The molecule has 0 fully saturated rings. The van der Waals surface area contributed by atoms with Crippen LogP contribution in [0.15, 0.2) is 67.2 Å². The Morgan fingerprint density at radius 1 is 0.958 bits per heavy atom. The number of carbonyl (C=O) groups excluding carboxylic acids is 1. The highest BCUT2D eigenvalue weighted by Gasteiger charge is 2.12. The number of nitrogens with two attached hydrogens (primary N) is 1. The summed E-state index contributed by atoms with van der Waals surface area (Å²) in [7, 11) is 0. The molecular formula is C19H17N3O2. The lowest BCUT2D eigenvalue weighted by Crippen LogP contribution is -2.35. The van der Waals surface area contributed by atoms with Crippen molar-refractivity contribution in [1.29, 1.82) is 0 Å². The quantitative estimate of drug-likeness (QED) is 0.440. The summed E-state index contributed by atoms with van der Waals surface area (Å²) >= 11 is 0. The Balaban J connectivity index is 1.74. The third-order valence-corrected chi connectivity index (χ3v) is 3.69. The number of nitrogen functional groups attached to an aromatic ring is 1. The van der Waals surface area contributed by atoms with Crippen LogP contribution < -0.4 is 16.6 Å². The zero-order chi connectivity index (χ0) is 17.1. The van der Waals surface area contributed by atoms with Crippen LogP contribution in [0.5, 0.6) is 5.75 Å². The Hall–Kier alpha value is -3.47. The van der Waals surface area contributed by atoms with Gasteiger partial charge in [0.15, 0.2) is 0 Å². The molecule has 3 aromatic carbocycles. The smallest absolute Gasteiger partial charge is 0.273 e. The normalized spacial score (nSPS) is 10.3. The third kappa shape index (κ3) is 3.15. The highest BCUT2D eigenvalue weighted by Crippen LogP contribution is 2.24. The molecule has 0 spiro atoms. The van der Waals surface area contributed by atoms with Crippen molar-refractivity contribution in [3.05, 3.63) is 78.4 Å². The average Bonchev–Trinajstić information content (AvgIpc) is 2.59. The van der Waals surface area contributed by atoms with Crippen LogP contribution in [-0.4, -0.2) is 11.0 Å². The molecular weight excluding hydrogens is 302 g/mol. The van der Waals surface area contributed by atoms with Gasteiger partial charge in [0.05, 0.1) is 11.3 Å². The lowest BCUT2D eigenvalue weighted by molar-refractivity contribution is 0.0940. The summed E-state index contributed by atoms with van der Waals surface area (Å²) < 4.78 is 0. The second-order valence-corrected chi connectivity index (χ2v) is 5.40. The lowest BCUT2D eigenvalue weighted by atomic mass is 10.1. The van der Waals surface area contributed by atoms with Crippen molar-refractivity contribution in [3.63, 3.8) is 0 Å². The van der Waals surface area contributed by atoms with Gasteiger partial charge in [-0.05, 0) is 40.6 Å². The number of hydrogen-bond donors (Lipinski definition) is 4. The van der Waals surface area contributed by atoms with E-state index >= 15 is 0 Å². The Labute approximate surface area is 139 Å². The predicted molar refractivity (Wildman–Crippen MR) is 96.1 cm³/mol. The monoisotopic (exact) mass is 319 g/mol. The molecule has 0 bridgehead atoms. The lowest BCUT2D eigenvalue weighted by Gasteiger charge is -2.12. The van der Waals surface area contributed by atoms with Gasteiger partial charge in [-0.15, -0.1) is 0 Å². The van der Waals surface area contributed by atoms with Gasteiger partial charge >= 0.3 is 0 Å². The first-order chi connectivity index (χ1) is 11.5. The molecule has 0 aliphatic rings. The fourth-order valence-electron chi connectivity index (χ4n) is 2.37. The molecule has 0 saturated heterocycles. The fraction of sp³-hybridized carbons (Fsp3) is 0. The molecule has 5 heteroatoms. The molecule has 0 heterocycles. The number of aromatic hydroxyl groups is 1. The number of amides is 1. The number of anilines is 1. The van der Waals surface area contributed by atoms with E-state index in [1.807, 2.05) is 24.3 Å². The number of fused-ring (bicyclic) bond motifs is 1. The van der Waals surface area contributed by atoms with Crippen LogP contribution in [-0.2, 0) is 0 Å². The minimum absolute atomic E-state index is 0.0777. The molecule has 120 valence electrons. The highest BCUT2D eigenvalue weighted by atomic mass is 16.3. The molecule has 0 aromatic heterocycles. The second-order valence-electron chi connectivity index (χ2n) is 5.40. The Kier molecular flexibility index (Phi) is 4.07. The van der Waals surface area contributed by atoms with Gasteiger partial charge in [0.1, 0.15) is 5.75 Å². The molecule has 1 amide bonds. The molecule has 5 nitrogen and oxygen atoms in total. The third-order valence-electron chi connectivity index (χ3n) is 3.69. The number of nitrogens with one attached hydrogen (secondary N) is 2. The predicted octanol–water partition coefficient (Wildman–Crippen LogP) is 3.03. The van der Waals surface area contributed by atoms with E-state index in [9.17, 15) is 9.90 Å². The van der Waals surface area contributed by atoms with Crippen molar-refractivity contribution in [2.45, 2.75) is 0 Å². The maximum Gasteiger partial charge on any atom is 0.273 e. The van der Waals surface area contributed by atoms with Gasteiger partial charge < -0.3 is 10.8 Å². The van der Waals surface area contributed by atoms with Crippen molar-refractivity contribution in [2.75, 3.05) is 5.73 Å². The van der Waals surface area contributed by atoms with Gasteiger partial charge in [0.25, 0.3) is 5.91 Å². The Bertz CT molecular complexity index is 918. The van der Waals surface area contributed by atoms with E-state index in [0.29, 0.717) is 11.4 Å². The van der Waals surface area contributed by atoms with E-state index in [2.05, 4.69) is 17.4 Å². The van der Waals surface area contributed by atoms with Crippen molar-refractivity contribution in [1.82, 2.24) is 10.9 Å².